The molecule has 1 aliphatic rings. The summed E-state index contributed by atoms with van der Waals surface area (Å²) in [5.41, 5.74) is 2.09. The predicted molar refractivity (Wildman–Crippen MR) is 97.3 cm³/mol. The molecule has 0 radical (unpaired) electrons. The highest BCUT2D eigenvalue weighted by atomic mass is 16.5. The summed E-state index contributed by atoms with van der Waals surface area (Å²) >= 11 is 0. The fourth-order valence-corrected chi connectivity index (χ4v) is 3.10. The Balaban J connectivity index is 1.41. The van der Waals surface area contributed by atoms with E-state index in [1.165, 1.54) is 6.42 Å². The second-order valence-electron chi connectivity index (χ2n) is 6.39. The van der Waals surface area contributed by atoms with Gasteiger partial charge < -0.3 is 10.1 Å². The molecular formula is C19H21N5O2. The van der Waals surface area contributed by atoms with Crippen molar-refractivity contribution < 1.29 is 9.53 Å². The van der Waals surface area contributed by atoms with Gasteiger partial charge in [0.15, 0.2) is 0 Å². The van der Waals surface area contributed by atoms with E-state index in [4.69, 9.17) is 4.74 Å². The average Bonchev–Trinajstić information content (AvgIpc) is 3.35. The molecule has 0 bridgehead atoms. The van der Waals surface area contributed by atoms with Crippen LogP contribution in [0.15, 0.2) is 55.1 Å². The van der Waals surface area contributed by atoms with Crippen LogP contribution in [-0.4, -0.2) is 38.2 Å². The largest absolute Gasteiger partial charge is 0.376 e. The molecule has 3 aromatic rings. The smallest absolute Gasteiger partial charge is 0.255 e. The van der Waals surface area contributed by atoms with Crippen molar-refractivity contribution in [2.24, 2.45) is 0 Å². The first-order chi connectivity index (χ1) is 12.8. The third-order valence-electron chi connectivity index (χ3n) is 4.43. The van der Waals surface area contributed by atoms with E-state index in [9.17, 15) is 4.79 Å². The van der Waals surface area contributed by atoms with Gasteiger partial charge in [-0.1, -0.05) is 6.07 Å². The Morgan fingerprint density at radius 2 is 2.23 bits per heavy atom. The molecule has 1 atom stereocenters. The van der Waals surface area contributed by atoms with Gasteiger partial charge in [-0.2, -0.15) is 10.2 Å². The maximum atomic E-state index is 12.5. The molecule has 1 N–H and O–H groups in total. The Bertz CT molecular complexity index is 866. The number of amides is 1. The SMILES string of the molecule is O=C(Nc1cnn(C[C@@H]2CCCCO2)c1)c1cccc(-n2cccn2)c1. The highest BCUT2D eigenvalue weighted by Gasteiger charge is 2.15. The maximum absolute atomic E-state index is 12.5. The first kappa shape index (κ1) is 16.5. The number of hydrogen-bond acceptors (Lipinski definition) is 4. The number of nitrogens with one attached hydrogen (secondary N) is 1. The van der Waals surface area contributed by atoms with Crippen molar-refractivity contribution in [3.05, 3.63) is 60.7 Å². The molecular weight excluding hydrogens is 330 g/mol. The van der Waals surface area contributed by atoms with Gasteiger partial charge in [0.1, 0.15) is 0 Å². The van der Waals surface area contributed by atoms with Crippen molar-refractivity contribution >= 4 is 11.6 Å². The lowest BCUT2D eigenvalue weighted by molar-refractivity contribution is 0.00401. The second kappa shape index (κ2) is 7.53. The summed E-state index contributed by atoms with van der Waals surface area (Å²) in [6.07, 6.45) is 10.6. The first-order valence-corrected chi connectivity index (χ1v) is 8.83. The number of nitrogens with zero attached hydrogens (tertiary/aromatic N) is 4. The summed E-state index contributed by atoms with van der Waals surface area (Å²) < 4.78 is 9.28. The lowest BCUT2D eigenvalue weighted by atomic mass is 10.1. The van der Waals surface area contributed by atoms with Gasteiger partial charge in [-0.25, -0.2) is 4.68 Å². The van der Waals surface area contributed by atoms with Crippen LogP contribution >= 0.6 is 0 Å². The van der Waals surface area contributed by atoms with Gasteiger partial charge in [-0.3, -0.25) is 9.48 Å². The van der Waals surface area contributed by atoms with E-state index in [-0.39, 0.29) is 12.0 Å². The molecule has 0 saturated carbocycles. The number of anilines is 1. The topological polar surface area (TPSA) is 74.0 Å². The van der Waals surface area contributed by atoms with Crippen LogP contribution < -0.4 is 5.32 Å². The Hall–Kier alpha value is -2.93. The summed E-state index contributed by atoms with van der Waals surface area (Å²) in [6, 6.07) is 9.18. The fraction of sp³-hybridized carbons (Fsp3) is 0.316. The van der Waals surface area contributed by atoms with Crippen LogP contribution in [0.2, 0.25) is 0 Å². The van der Waals surface area contributed by atoms with E-state index in [0.717, 1.165) is 25.1 Å². The summed E-state index contributed by atoms with van der Waals surface area (Å²) in [7, 11) is 0. The number of carbonyl (C=O) groups is 1. The molecule has 1 amide bonds. The van der Waals surface area contributed by atoms with Crippen molar-refractivity contribution in [2.45, 2.75) is 31.9 Å². The molecule has 2 aromatic heterocycles. The molecule has 7 nitrogen and oxygen atoms in total. The molecule has 0 spiro atoms. The van der Waals surface area contributed by atoms with Gasteiger partial charge in [0, 0.05) is 30.8 Å². The summed E-state index contributed by atoms with van der Waals surface area (Å²) in [4.78, 5) is 12.5. The molecule has 134 valence electrons. The Kier molecular flexibility index (Phi) is 4.79. The molecule has 3 heterocycles. The molecule has 1 aliphatic heterocycles. The molecule has 26 heavy (non-hydrogen) atoms. The standard InChI is InChI=1S/C19H21N5O2/c25-19(15-5-3-6-17(11-15)24-9-4-8-20-24)22-16-12-21-23(13-16)14-18-7-1-2-10-26-18/h3-6,8-9,11-13,18H,1-2,7,10,14H2,(H,22,25)/t18-/m0/s1. The van der Waals surface area contributed by atoms with Gasteiger partial charge in [0.2, 0.25) is 0 Å². The first-order valence-electron chi connectivity index (χ1n) is 8.83. The van der Waals surface area contributed by atoms with Gasteiger partial charge in [-0.15, -0.1) is 0 Å². The number of ether oxygens (including phenoxy) is 1. The lowest BCUT2D eigenvalue weighted by Crippen LogP contribution is -2.24. The van der Waals surface area contributed by atoms with E-state index in [1.54, 1.807) is 23.1 Å². The lowest BCUT2D eigenvalue weighted by Gasteiger charge is -2.22. The number of benzene rings is 1. The summed E-state index contributed by atoms with van der Waals surface area (Å²) in [5.74, 6) is -0.174. The predicted octanol–water partition coefficient (Wildman–Crippen LogP) is 2.89. The molecule has 0 unspecified atom stereocenters. The molecule has 1 aromatic carbocycles. The summed E-state index contributed by atoms with van der Waals surface area (Å²) in [6.45, 7) is 1.53. The molecule has 0 aliphatic carbocycles. The van der Waals surface area contributed by atoms with Crippen LogP contribution in [0.1, 0.15) is 29.6 Å². The van der Waals surface area contributed by atoms with E-state index < -0.39 is 0 Å². The third-order valence-corrected chi connectivity index (χ3v) is 4.43. The van der Waals surface area contributed by atoms with Gasteiger partial charge >= 0.3 is 0 Å². The average molecular weight is 351 g/mol. The van der Waals surface area contributed by atoms with Crippen LogP contribution in [-0.2, 0) is 11.3 Å². The highest BCUT2D eigenvalue weighted by Crippen LogP contribution is 2.16. The summed E-state index contributed by atoms with van der Waals surface area (Å²) in [5, 5.41) is 11.4. The molecule has 7 heteroatoms. The monoisotopic (exact) mass is 351 g/mol. The second-order valence-corrected chi connectivity index (χ2v) is 6.39. The molecule has 1 saturated heterocycles. The fourth-order valence-electron chi connectivity index (χ4n) is 3.10. The molecule has 1 fully saturated rings. The number of carbonyl (C=O) groups excluding carboxylic acids is 1. The van der Waals surface area contributed by atoms with Crippen molar-refractivity contribution in [3.8, 4) is 5.69 Å². The minimum Gasteiger partial charge on any atom is -0.376 e. The Labute approximate surface area is 151 Å². The van der Waals surface area contributed by atoms with Crippen LogP contribution in [0.5, 0.6) is 0 Å². The van der Waals surface area contributed by atoms with Crippen molar-refractivity contribution in [3.63, 3.8) is 0 Å². The minimum absolute atomic E-state index is 0.174. The quantitative estimate of drug-likeness (QED) is 0.767. The van der Waals surface area contributed by atoms with Crippen molar-refractivity contribution in [2.75, 3.05) is 11.9 Å². The van der Waals surface area contributed by atoms with Gasteiger partial charge in [0.05, 0.1) is 30.2 Å². The van der Waals surface area contributed by atoms with Crippen LogP contribution in [0, 0.1) is 0 Å². The van der Waals surface area contributed by atoms with E-state index in [1.807, 2.05) is 41.3 Å². The highest BCUT2D eigenvalue weighted by molar-refractivity contribution is 6.04. The van der Waals surface area contributed by atoms with Crippen LogP contribution in [0.4, 0.5) is 5.69 Å². The van der Waals surface area contributed by atoms with E-state index >= 15 is 0 Å². The van der Waals surface area contributed by atoms with Crippen molar-refractivity contribution in [1.29, 1.82) is 0 Å². The number of aromatic nitrogens is 4. The normalized spacial score (nSPS) is 17.2. The van der Waals surface area contributed by atoms with Crippen LogP contribution in [0.3, 0.4) is 0 Å². The van der Waals surface area contributed by atoms with Crippen molar-refractivity contribution in [1.82, 2.24) is 19.6 Å². The number of rotatable bonds is 5. The number of hydrogen-bond donors (Lipinski definition) is 1. The minimum atomic E-state index is -0.174. The Morgan fingerprint density at radius 1 is 1.27 bits per heavy atom. The zero-order valence-corrected chi connectivity index (χ0v) is 14.4. The zero-order chi connectivity index (χ0) is 17.8. The van der Waals surface area contributed by atoms with Gasteiger partial charge in [-0.05, 0) is 43.5 Å². The maximum Gasteiger partial charge on any atom is 0.255 e. The third kappa shape index (κ3) is 3.83. The Morgan fingerprint density at radius 3 is 3.04 bits per heavy atom. The van der Waals surface area contributed by atoms with Gasteiger partial charge in [0.25, 0.3) is 5.91 Å². The van der Waals surface area contributed by atoms with Crippen LogP contribution in [0.25, 0.3) is 5.69 Å². The zero-order valence-electron chi connectivity index (χ0n) is 14.4. The van der Waals surface area contributed by atoms with E-state index in [2.05, 4.69) is 15.5 Å². The molecule has 4 rings (SSSR count). The van der Waals surface area contributed by atoms with E-state index in [0.29, 0.717) is 17.8 Å².